The van der Waals surface area contributed by atoms with Crippen LogP contribution in [-0.4, -0.2) is 23.5 Å². The number of aryl methyl sites for hydroxylation is 4. The average Bonchev–Trinajstić information content (AvgIpc) is 2.67. The van der Waals surface area contributed by atoms with Gasteiger partial charge in [-0.25, -0.2) is 0 Å². The van der Waals surface area contributed by atoms with E-state index in [1.165, 1.54) is 40.1 Å². The molecule has 1 aliphatic heterocycles. The normalized spacial score (nSPS) is 21.1. The average molecular weight is 376 g/mol. The third-order valence-electron chi connectivity index (χ3n) is 5.85. The maximum absolute atomic E-state index is 5.00. The lowest BCUT2D eigenvalue weighted by molar-refractivity contribution is 0.427. The molecule has 0 radical (unpaired) electrons. The van der Waals surface area contributed by atoms with Gasteiger partial charge in [-0.1, -0.05) is 36.4 Å². The zero-order chi connectivity index (χ0) is 20.3. The topological polar surface area (TPSA) is 36.8 Å². The highest BCUT2D eigenvalue weighted by Gasteiger charge is 2.25. The van der Waals surface area contributed by atoms with Crippen LogP contribution < -0.4 is 5.32 Å². The van der Waals surface area contributed by atoms with Gasteiger partial charge < -0.3 is 5.32 Å². The van der Waals surface area contributed by atoms with Crippen LogP contribution in [0.25, 0.3) is 0 Å². The number of nitrogens with zero attached hydrogens (tertiary/aromatic N) is 2. The molecule has 2 aromatic carbocycles. The zero-order valence-corrected chi connectivity index (χ0v) is 18.1. The van der Waals surface area contributed by atoms with Crippen molar-refractivity contribution in [2.24, 2.45) is 9.98 Å². The quantitative estimate of drug-likeness (QED) is 0.624. The predicted molar refractivity (Wildman–Crippen MR) is 122 cm³/mol. The number of aliphatic imine (C=N–C) groups is 2. The van der Waals surface area contributed by atoms with Gasteiger partial charge in [0.25, 0.3) is 0 Å². The fourth-order valence-electron chi connectivity index (χ4n) is 4.07. The molecule has 0 aliphatic carbocycles. The monoisotopic (exact) mass is 375 g/mol. The molecule has 0 aromatic heterocycles. The molecule has 1 fully saturated rings. The van der Waals surface area contributed by atoms with Gasteiger partial charge in [0.15, 0.2) is 0 Å². The lowest BCUT2D eigenvalue weighted by atomic mass is 9.93. The van der Waals surface area contributed by atoms with Crippen LogP contribution in [0.2, 0.25) is 0 Å². The molecular formula is C25H33N3. The molecule has 1 aliphatic rings. The van der Waals surface area contributed by atoms with E-state index in [0.717, 1.165) is 24.2 Å². The van der Waals surface area contributed by atoms with E-state index in [-0.39, 0.29) is 0 Å². The number of hydrogen-bond donors (Lipinski definition) is 1. The summed E-state index contributed by atoms with van der Waals surface area (Å²) in [7, 11) is 0. The summed E-state index contributed by atoms with van der Waals surface area (Å²) < 4.78 is 0. The first kappa shape index (κ1) is 20.5. The van der Waals surface area contributed by atoms with Crippen molar-refractivity contribution in [3.8, 4) is 0 Å². The van der Waals surface area contributed by atoms with Gasteiger partial charge in [0.1, 0.15) is 0 Å². The van der Waals surface area contributed by atoms with Crippen LogP contribution in [-0.2, 0) is 0 Å². The van der Waals surface area contributed by atoms with Crippen molar-refractivity contribution in [1.29, 1.82) is 0 Å². The maximum atomic E-state index is 5.00. The molecule has 3 nitrogen and oxygen atoms in total. The van der Waals surface area contributed by atoms with E-state index in [2.05, 4.69) is 83.3 Å². The molecule has 28 heavy (non-hydrogen) atoms. The van der Waals surface area contributed by atoms with Gasteiger partial charge in [0, 0.05) is 23.5 Å². The minimum Gasteiger partial charge on any atom is -0.301 e. The van der Waals surface area contributed by atoms with Crippen molar-refractivity contribution in [1.82, 2.24) is 5.32 Å². The Bertz CT molecular complexity index is 794. The van der Waals surface area contributed by atoms with Crippen molar-refractivity contribution < 1.29 is 0 Å². The van der Waals surface area contributed by atoms with E-state index in [4.69, 9.17) is 9.98 Å². The van der Waals surface area contributed by atoms with E-state index in [9.17, 15) is 0 Å². The second kappa shape index (κ2) is 8.83. The molecule has 0 bridgehead atoms. The van der Waals surface area contributed by atoms with E-state index < -0.39 is 0 Å². The zero-order valence-electron chi connectivity index (χ0n) is 18.1. The first-order valence-corrected chi connectivity index (χ1v) is 10.4. The van der Waals surface area contributed by atoms with Crippen molar-refractivity contribution in [3.05, 3.63) is 58.7 Å². The third kappa shape index (κ3) is 4.59. The minimum absolute atomic E-state index is 0.306. The summed E-state index contributed by atoms with van der Waals surface area (Å²) in [5.74, 6) is 0. The van der Waals surface area contributed by atoms with Gasteiger partial charge >= 0.3 is 0 Å². The summed E-state index contributed by atoms with van der Waals surface area (Å²) in [6.07, 6.45) is 3.46. The number of hydrogen-bond acceptors (Lipinski definition) is 3. The van der Waals surface area contributed by atoms with Gasteiger partial charge in [-0.3, -0.25) is 9.98 Å². The van der Waals surface area contributed by atoms with Crippen LogP contribution >= 0.6 is 0 Å². The number of para-hydroxylation sites is 2. The molecule has 2 aromatic rings. The largest absolute Gasteiger partial charge is 0.301 e. The summed E-state index contributed by atoms with van der Waals surface area (Å²) in [4.78, 5) is 10.0. The predicted octanol–water partition coefficient (Wildman–Crippen LogP) is 6.32. The maximum Gasteiger partial charge on any atom is 0.0687 e. The fraction of sp³-hybridized carbons (Fsp3) is 0.440. The Morgan fingerprint density at radius 2 is 1.07 bits per heavy atom. The molecule has 0 amide bonds. The Hall–Kier alpha value is -2.26. The second-order valence-electron chi connectivity index (χ2n) is 8.19. The van der Waals surface area contributed by atoms with Crippen LogP contribution in [0.5, 0.6) is 0 Å². The van der Waals surface area contributed by atoms with Gasteiger partial charge in [0.05, 0.1) is 11.4 Å². The summed E-state index contributed by atoms with van der Waals surface area (Å²) in [5, 5.41) is 3.81. The highest BCUT2D eigenvalue weighted by atomic mass is 15.0. The molecule has 148 valence electrons. The Kier molecular flexibility index (Phi) is 6.46. The van der Waals surface area contributed by atoms with Crippen molar-refractivity contribution in [2.75, 3.05) is 0 Å². The molecule has 1 N–H and O–H groups in total. The summed E-state index contributed by atoms with van der Waals surface area (Å²) >= 11 is 0. The van der Waals surface area contributed by atoms with Gasteiger partial charge in [0.2, 0.25) is 0 Å². The minimum atomic E-state index is 0.306. The Morgan fingerprint density at radius 1 is 0.714 bits per heavy atom. The highest BCUT2D eigenvalue weighted by Crippen LogP contribution is 2.26. The number of piperidine rings is 1. The second-order valence-corrected chi connectivity index (χ2v) is 8.19. The number of benzene rings is 2. The SMILES string of the molecule is CC(=Nc1c(C)cccc1C)C1CCCC(C(C)=Nc2c(C)cccc2C)N1. The van der Waals surface area contributed by atoms with Gasteiger partial charge in [-0.05, 0) is 83.1 Å². The van der Waals surface area contributed by atoms with E-state index >= 15 is 0 Å². The molecule has 1 saturated heterocycles. The van der Waals surface area contributed by atoms with Gasteiger partial charge in [-0.15, -0.1) is 0 Å². The lowest BCUT2D eigenvalue weighted by Crippen LogP contribution is -2.49. The fourth-order valence-corrected chi connectivity index (χ4v) is 4.07. The van der Waals surface area contributed by atoms with Crippen molar-refractivity contribution >= 4 is 22.8 Å². The third-order valence-corrected chi connectivity index (χ3v) is 5.85. The molecule has 3 heteroatoms. The number of nitrogens with one attached hydrogen (secondary N) is 1. The lowest BCUT2D eigenvalue weighted by Gasteiger charge is -2.31. The molecule has 2 unspecified atom stereocenters. The van der Waals surface area contributed by atoms with Crippen LogP contribution in [0.15, 0.2) is 46.4 Å². The van der Waals surface area contributed by atoms with E-state index in [1.54, 1.807) is 0 Å². The summed E-state index contributed by atoms with van der Waals surface area (Å²) in [6.45, 7) is 12.9. The van der Waals surface area contributed by atoms with Gasteiger partial charge in [-0.2, -0.15) is 0 Å². The van der Waals surface area contributed by atoms with Crippen LogP contribution in [0.3, 0.4) is 0 Å². The van der Waals surface area contributed by atoms with E-state index in [1.807, 2.05) is 0 Å². The smallest absolute Gasteiger partial charge is 0.0687 e. The molecular weight excluding hydrogens is 342 g/mol. The first-order valence-electron chi connectivity index (χ1n) is 10.4. The first-order chi connectivity index (χ1) is 13.4. The Balaban J connectivity index is 1.80. The van der Waals surface area contributed by atoms with Crippen LogP contribution in [0, 0.1) is 27.7 Å². The Labute approximate surface area is 170 Å². The molecule has 1 heterocycles. The molecule has 0 saturated carbocycles. The molecule has 0 spiro atoms. The Morgan fingerprint density at radius 3 is 1.43 bits per heavy atom. The van der Waals surface area contributed by atoms with Crippen molar-refractivity contribution in [2.45, 2.75) is 72.9 Å². The summed E-state index contributed by atoms with van der Waals surface area (Å²) in [6, 6.07) is 13.4. The highest BCUT2D eigenvalue weighted by molar-refractivity contribution is 5.93. The standard InChI is InChI=1S/C25H33N3/c1-16-10-7-11-17(2)24(16)26-20(5)22-14-9-15-23(28-22)21(6)27-25-18(3)12-8-13-19(25)4/h7-8,10-13,22-23,28H,9,14-15H2,1-6H3. The van der Waals surface area contributed by atoms with E-state index in [0.29, 0.717) is 12.1 Å². The molecule has 2 atom stereocenters. The van der Waals surface area contributed by atoms with Crippen LogP contribution in [0.1, 0.15) is 55.4 Å². The van der Waals surface area contributed by atoms with Crippen molar-refractivity contribution in [3.63, 3.8) is 0 Å². The van der Waals surface area contributed by atoms with Crippen LogP contribution in [0.4, 0.5) is 11.4 Å². The molecule has 3 rings (SSSR count). The summed E-state index contributed by atoms with van der Waals surface area (Å²) in [5.41, 5.74) is 9.51. The number of rotatable bonds is 4.